The number of benzene rings is 2. The van der Waals surface area contributed by atoms with Crippen LogP contribution in [-0.2, 0) is 0 Å². The Morgan fingerprint density at radius 3 is 2.35 bits per heavy atom. The minimum Gasteiger partial charge on any atom is -0.339 e. The highest BCUT2D eigenvalue weighted by Gasteiger charge is 2.18. The molecule has 2 aromatic rings. The van der Waals surface area contributed by atoms with Crippen LogP contribution in [-0.4, -0.2) is 6.54 Å². The van der Waals surface area contributed by atoms with Gasteiger partial charge in [-0.2, -0.15) is 0 Å². The zero-order chi connectivity index (χ0) is 14.7. The standard InChI is InChI=1S/C17H21FN2/c1-4-20(14-10-8-12(2)9-11-14)17-15(13(3)19)6-5-7-16(17)18/h5-11,13H,4,19H2,1-3H3. The van der Waals surface area contributed by atoms with Crippen LogP contribution in [0.1, 0.15) is 31.0 Å². The number of nitrogens with zero attached hydrogens (tertiary/aromatic N) is 1. The Balaban J connectivity index is 2.54. The van der Waals surface area contributed by atoms with E-state index >= 15 is 0 Å². The van der Waals surface area contributed by atoms with E-state index in [-0.39, 0.29) is 11.9 Å². The minimum absolute atomic E-state index is 0.208. The summed E-state index contributed by atoms with van der Waals surface area (Å²) in [6.45, 7) is 6.61. The molecule has 0 aliphatic carbocycles. The second-order valence-electron chi connectivity index (χ2n) is 5.05. The molecule has 0 amide bonds. The average molecular weight is 272 g/mol. The number of aryl methyl sites for hydroxylation is 1. The van der Waals surface area contributed by atoms with Gasteiger partial charge >= 0.3 is 0 Å². The molecule has 0 spiro atoms. The van der Waals surface area contributed by atoms with E-state index in [4.69, 9.17) is 5.73 Å². The van der Waals surface area contributed by atoms with Gasteiger partial charge in [0, 0.05) is 18.3 Å². The Kier molecular flexibility index (Phi) is 4.40. The summed E-state index contributed by atoms with van der Waals surface area (Å²) in [5.41, 5.74) is 9.55. The third kappa shape index (κ3) is 2.83. The minimum atomic E-state index is -0.234. The van der Waals surface area contributed by atoms with Crippen molar-refractivity contribution in [3.05, 3.63) is 59.4 Å². The molecule has 0 heterocycles. The summed E-state index contributed by atoms with van der Waals surface area (Å²) < 4.78 is 14.3. The normalized spacial score (nSPS) is 12.2. The van der Waals surface area contributed by atoms with E-state index in [1.165, 1.54) is 11.6 Å². The molecule has 0 aromatic heterocycles. The van der Waals surface area contributed by atoms with Crippen LogP contribution in [0.3, 0.4) is 0 Å². The van der Waals surface area contributed by atoms with Gasteiger partial charge in [0.1, 0.15) is 5.82 Å². The Morgan fingerprint density at radius 2 is 1.80 bits per heavy atom. The van der Waals surface area contributed by atoms with Crippen molar-refractivity contribution in [3.8, 4) is 0 Å². The summed E-state index contributed by atoms with van der Waals surface area (Å²) in [4.78, 5) is 1.97. The lowest BCUT2D eigenvalue weighted by atomic mass is 10.0. The van der Waals surface area contributed by atoms with Crippen LogP contribution in [0.25, 0.3) is 0 Å². The highest BCUT2D eigenvalue weighted by atomic mass is 19.1. The second kappa shape index (κ2) is 6.06. The van der Waals surface area contributed by atoms with E-state index in [9.17, 15) is 4.39 Å². The Hall–Kier alpha value is -1.87. The second-order valence-corrected chi connectivity index (χ2v) is 5.05. The van der Waals surface area contributed by atoms with Gasteiger partial charge in [-0.25, -0.2) is 4.39 Å². The van der Waals surface area contributed by atoms with Gasteiger partial charge in [-0.15, -0.1) is 0 Å². The van der Waals surface area contributed by atoms with Gasteiger partial charge in [0.25, 0.3) is 0 Å². The predicted molar refractivity (Wildman–Crippen MR) is 82.9 cm³/mol. The first kappa shape index (κ1) is 14.5. The fraction of sp³-hybridized carbons (Fsp3) is 0.294. The molecule has 0 aliphatic heterocycles. The summed E-state index contributed by atoms with van der Waals surface area (Å²) in [7, 11) is 0. The zero-order valence-corrected chi connectivity index (χ0v) is 12.2. The monoisotopic (exact) mass is 272 g/mol. The van der Waals surface area contributed by atoms with Crippen LogP contribution < -0.4 is 10.6 Å². The molecule has 0 saturated heterocycles. The summed E-state index contributed by atoms with van der Waals surface area (Å²) in [5.74, 6) is -0.234. The van der Waals surface area contributed by atoms with Crippen molar-refractivity contribution in [3.63, 3.8) is 0 Å². The SMILES string of the molecule is CCN(c1ccc(C)cc1)c1c(F)cccc1C(C)N. The average Bonchev–Trinajstić information content (AvgIpc) is 2.43. The Morgan fingerprint density at radius 1 is 1.15 bits per heavy atom. The lowest BCUT2D eigenvalue weighted by Crippen LogP contribution is -2.21. The molecular weight excluding hydrogens is 251 g/mol. The molecule has 3 heteroatoms. The van der Waals surface area contributed by atoms with Gasteiger partial charge in [-0.3, -0.25) is 0 Å². The molecule has 0 aliphatic rings. The molecule has 1 atom stereocenters. The van der Waals surface area contributed by atoms with Crippen molar-refractivity contribution in [1.82, 2.24) is 0 Å². The van der Waals surface area contributed by atoms with Gasteiger partial charge in [-0.05, 0) is 44.5 Å². The van der Waals surface area contributed by atoms with Crippen molar-refractivity contribution in [1.29, 1.82) is 0 Å². The van der Waals surface area contributed by atoms with Crippen LogP contribution in [0, 0.1) is 12.7 Å². The third-order valence-corrected chi connectivity index (χ3v) is 3.44. The van der Waals surface area contributed by atoms with Crippen molar-refractivity contribution < 1.29 is 4.39 Å². The van der Waals surface area contributed by atoms with Crippen molar-refractivity contribution >= 4 is 11.4 Å². The van der Waals surface area contributed by atoms with Crippen molar-refractivity contribution in [2.75, 3.05) is 11.4 Å². The summed E-state index contributed by atoms with van der Waals surface area (Å²) >= 11 is 0. The molecule has 2 N–H and O–H groups in total. The summed E-state index contributed by atoms with van der Waals surface area (Å²) in [6, 6.07) is 13.0. The predicted octanol–water partition coefficient (Wildman–Crippen LogP) is 4.31. The maximum atomic E-state index is 14.3. The molecule has 2 nitrogen and oxygen atoms in total. The first-order valence-electron chi connectivity index (χ1n) is 6.92. The number of halogens is 1. The molecule has 0 fully saturated rings. The van der Waals surface area contributed by atoms with E-state index < -0.39 is 0 Å². The van der Waals surface area contributed by atoms with Gasteiger partial charge in [0.2, 0.25) is 0 Å². The molecule has 2 aromatic carbocycles. The van der Waals surface area contributed by atoms with E-state index in [2.05, 4.69) is 0 Å². The summed E-state index contributed by atoms with van der Waals surface area (Å²) in [6.07, 6.45) is 0. The fourth-order valence-corrected chi connectivity index (χ4v) is 2.38. The number of rotatable bonds is 4. The van der Waals surface area contributed by atoms with E-state index in [1.54, 1.807) is 6.07 Å². The first-order valence-corrected chi connectivity index (χ1v) is 6.92. The van der Waals surface area contributed by atoms with Crippen LogP contribution in [0.15, 0.2) is 42.5 Å². The van der Waals surface area contributed by atoms with Gasteiger partial charge < -0.3 is 10.6 Å². The Bertz CT molecular complexity index is 576. The van der Waals surface area contributed by atoms with Gasteiger partial charge in [0.05, 0.1) is 5.69 Å². The molecule has 2 rings (SSSR count). The number of para-hydroxylation sites is 1. The lowest BCUT2D eigenvalue weighted by molar-refractivity contribution is 0.620. The lowest BCUT2D eigenvalue weighted by Gasteiger charge is -2.27. The van der Waals surface area contributed by atoms with Crippen molar-refractivity contribution in [2.45, 2.75) is 26.8 Å². The smallest absolute Gasteiger partial charge is 0.147 e. The Labute approximate surface area is 120 Å². The number of hydrogen-bond acceptors (Lipinski definition) is 2. The molecule has 0 radical (unpaired) electrons. The molecule has 0 saturated carbocycles. The fourth-order valence-electron chi connectivity index (χ4n) is 2.38. The van der Waals surface area contributed by atoms with Crippen molar-refractivity contribution in [2.24, 2.45) is 5.73 Å². The maximum absolute atomic E-state index is 14.3. The van der Waals surface area contributed by atoms with Crippen LogP contribution in [0.2, 0.25) is 0 Å². The summed E-state index contributed by atoms with van der Waals surface area (Å²) in [5, 5.41) is 0. The molecule has 106 valence electrons. The number of nitrogens with two attached hydrogens (primary N) is 1. The van der Waals surface area contributed by atoms with Gasteiger partial charge in [-0.1, -0.05) is 29.8 Å². The quantitative estimate of drug-likeness (QED) is 0.898. The number of anilines is 2. The maximum Gasteiger partial charge on any atom is 0.147 e. The molecule has 20 heavy (non-hydrogen) atoms. The number of hydrogen-bond donors (Lipinski definition) is 1. The topological polar surface area (TPSA) is 29.3 Å². The molecule has 1 unspecified atom stereocenters. The highest BCUT2D eigenvalue weighted by molar-refractivity contribution is 5.67. The van der Waals surface area contributed by atoms with Crippen LogP contribution in [0.5, 0.6) is 0 Å². The molecule has 0 bridgehead atoms. The zero-order valence-electron chi connectivity index (χ0n) is 12.2. The molecular formula is C17H21FN2. The van der Waals surface area contributed by atoms with E-state index in [0.29, 0.717) is 12.2 Å². The van der Waals surface area contributed by atoms with E-state index in [1.807, 2.05) is 56.0 Å². The van der Waals surface area contributed by atoms with Crippen LogP contribution >= 0.6 is 0 Å². The first-order chi connectivity index (χ1) is 9.54. The van der Waals surface area contributed by atoms with E-state index in [0.717, 1.165) is 11.3 Å². The highest BCUT2D eigenvalue weighted by Crippen LogP contribution is 2.33. The van der Waals surface area contributed by atoms with Crippen LogP contribution in [0.4, 0.5) is 15.8 Å². The third-order valence-electron chi connectivity index (χ3n) is 3.44. The van der Waals surface area contributed by atoms with Gasteiger partial charge in [0.15, 0.2) is 0 Å². The largest absolute Gasteiger partial charge is 0.339 e.